The van der Waals surface area contributed by atoms with Crippen molar-refractivity contribution in [3.05, 3.63) is 88.9 Å². The molecule has 3 aromatic rings. The predicted octanol–water partition coefficient (Wildman–Crippen LogP) is 6.04. The van der Waals surface area contributed by atoms with Gasteiger partial charge in [-0.15, -0.1) is 0 Å². The molecule has 0 bridgehead atoms. The normalized spacial score (nSPS) is 14.6. The molecular weight excluding hydrogens is 619 g/mol. The largest absolute Gasteiger partial charge is 0.497 e. The van der Waals surface area contributed by atoms with Crippen molar-refractivity contribution >= 4 is 39.1 Å². The maximum Gasteiger partial charge on any atom is 0.417 e. The third kappa shape index (κ3) is 7.84. The van der Waals surface area contributed by atoms with Crippen LogP contribution in [0.1, 0.15) is 43.7 Å². The van der Waals surface area contributed by atoms with Crippen molar-refractivity contribution in [3.63, 3.8) is 0 Å². The fraction of sp³-hybridized carbons (Fsp3) is 0.355. The van der Waals surface area contributed by atoms with Crippen molar-refractivity contribution in [1.29, 1.82) is 0 Å². The van der Waals surface area contributed by atoms with Crippen LogP contribution in [0, 0.1) is 0 Å². The minimum atomic E-state index is -4.88. The minimum absolute atomic E-state index is 0.0384. The highest BCUT2D eigenvalue weighted by atomic mass is 35.5. The van der Waals surface area contributed by atoms with E-state index in [1.807, 2.05) is 0 Å². The second kappa shape index (κ2) is 13.9. The van der Waals surface area contributed by atoms with E-state index in [4.69, 9.17) is 16.3 Å². The first-order valence-corrected chi connectivity index (χ1v) is 15.8. The number of amides is 2. The highest BCUT2D eigenvalue weighted by molar-refractivity contribution is 7.92. The number of carbonyl (C=O) groups excluding carboxylic acids is 2. The highest BCUT2D eigenvalue weighted by Gasteiger charge is 2.37. The van der Waals surface area contributed by atoms with Crippen molar-refractivity contribution in [1.82, 2.24) is 10.2 Å². The lowest BCUT2D eigenvalue weighted by Gasteiger charge is -2.32. The quantitative estimate of drug-likeness (QED) is 0.273. The second-order valence-electron chi connectivity index (χ2n) is 10.5. The van der Waals surface area contributed by atoms with Gasteiger partial charge in [0.05, 0.1) is 28.3 Å². The molecule has 1 saturated carbocycles. The first kappa shape index (κ1) is 33.1. The van der Waals surface area contributed by atoms with Crippen LogP contribution < -0.4 is 14.4 Å². The molecule has 1 aliphatic rings. The van der Waals surface area contributed by atoms with E-state index in [0.29, 0.717) is 21.7 Å². The van der Waals surface area contributed by atoms with E-state index < -0.39 is 56.9 Å². The van der Waals surface area contributed by atoms with Gasteiger partial charge < -0.3 is 15.0 Å². The van der Waals surface area contributed by atoms with E-state index in [1.165, 1.54) is 43.2 Å². The Labute approximate surface area is 259 Å². The lowest BCUT2D eigenvalue weighted by atomic mass is 10.1. The molecule has 236 valence electrons. The van der Waals surface area contributed by atoms with Crippen molar-refractivity contribution in [2.45, 2.75) is 62.3 Å². The van der Waals surface area contributed by atoms with Crippen molar-refractivity contribution in [3.8, 4) is 5.75 Å². The number of hydrogen-bond acceptors (Lipinski definition) is 5. The van der Waals surface area contributed by atoms with E-state index in [0.717, 1.165) is 37.8 Å². The van der Waals surface area contributed by atoms with E-state index in [1.54, 1.807) is 30.3 Å². The summed E-state index contributed by atoms with van der Waals surface area (Å²) in [6.07, 6.45) is -1.32. The summed E-state index contributed by atoms with van der Waals surface area (Å²) in [6, 6.07) is 15.4. The van der Waals surface area contributed by atoms with Crippen LogP contribution in [0.2, 0.25) is 5.02 Å². The van der Waals surface area contributed by atoms with Crippen LogP contribution in [0.4, 0.5) is 18.9 Å². The molecule has 3 aromatic carbocycles. The summed E-state index contributed by atoms with van der Waals surface area (Å²) in [4.78, 5) is 28.4. The zero-order valence-electron chi connectivity index (χ0n) is 24.2. The monoisotopic (exact) mass is 651 g/mol. The Kier molecular flexibility index (Phi) is 10.5. The number of nitrogens with zero attached hydrogens (tertiary/aromatic N) is 2. The number of alkyl halides is 3. The van der Waals surface area contributed by atoms with Gasteiger partial charge in [0.1, 0.15) is 18.3 Å². The van der Waals surface area contributed by atoms with Crippen molar-refractivity contribution in [2.24, 2.45) is 0 Å². The standard InChI is InChI=1S/C31H33ClF3N3O5S/c1-21(30(40)36-23-10-6-7-11-23)37(19-22-9-8-12-25(17-22)43-2)29(39)20-38(44(41,42)26-13-4-3-5-14-26)24-15-16-28(32)27(18-24)31(33,34)35/h3-5,8-9,12-18,21,23H,6-7,10-11,19-20H2,1-2H3,(H,36,40)/t21-/m1/s1. The smallest absolute Gasteiger partial charge is 0.417 e. The SMILES string of the molecule is COc1cccc(CN(C(=O)CN(c2ccc(Cl)c(C(F)(F)F)c2)S(=O)(=O)c2ccccc2)[C@H](C)C(=O)NC2CCCC2)c1. The van der Waals surface area contributed by atoms with Crippen LogP contribution >= 0.6 is 11.6 Å². The fourth-order valence-electron chi connectivity index (χ4n) is 5.08. The molecule has 8 nitrogen and oxygen atoms in total. The maximum atomic E-state index is 14.1. The summed E-state index contributed by atoms with van der Waals surface area (Å²) in [6.45, 7) is 0.548. The molecule has 0 saturated heterocycles. The van der Waals surface area contributed by atoms with Crippen LogP contribution in [0.25, 0.3) is 0 Å². The number of benzene rings is 3. The van der Waals surface area contributed by atoms with Gasteiger partial charge in [-0.3, -0.25) is 13.9 Å². The van der Waals surface area contributed by atoms with Crippen LogP contribution in [0.3, 0.4) is 0 Å². The van der Waals surface area contributed by atoms with Crippen LogP contribution in [0.15, 0.2) is 77.7 Å². The van der Waals surface area contributed by atoms with Gasteiger partial charge in [-0.2, -0.15) is 13.2 Å². The van der Waals surface area contributed by atoms with Gasteiger partial charge in [0.25, 0.3) is 10.0 Å². The number of nitrogens with one attached hydrogen (secondary N) is 1. The molecule has 2 amide bonds. The third-order valence-corrected chi connectivity index (χ3v) is 9.63. The first-order valence-electron chi connectivity index (χ1n) is 14.0. The fourth-order valence-corrected chi connectivity index (χ4v) is 6.73. The van der Waals surface area contributed by atoms with Gasteiger partial charge >= 0.3 is 6.18 Å². The molecule has 4 rings (SSSR count). The summed E-state index contributed by atoms with van der Waals surface area (Å²) in [5.74, 6) is -0.714. The van der Waals surface area contributed by atoms with E-state index in [-0.39, 0.29) is 17.5 Å². The van der Waals surface area contributed by atoms with Gasteiger partial charge in [0.15, 0.2) is 0 Å². The number of halogens is 4. The zero-order valence-corrected chi connectivity index (χ0v) is 25.8. The third-order valence-electron chi connectivity index (χ3n) is 7.51. The molecule has 0 aliphatic heterocycles. The molecule has 0 aromatic heterocycles. The lowest BCUT2D eigenvalue weighted by molar-refractivity contribution is -0.139. The molecule has 0 radical (unpaired) electrons. The summed E-state index contributed by atoms with van der Waals surface area (Å²) in [5, 5.41) is 2.34. The first-order chi connectivity index (χ1) is 20.8. The second-order valence-corrected chi connectivity index (χ2v) is 12.8. The lowest BCUT2D eigenvalue weighted by Crippen LogP contribution is -2.52. The molecule has 44 heavy (non-hydrogen) atoms. The van der Waals surface area contributed by atoms with E-state index in [9.17, 15) is 31.2 Å². The Bertz CT molecular complexity index is 1580. The molecule has 1 atom stereocenters. The molecule has 0 spiro atoms. The average molecular weight is 652 g/mol. The van der Waals surface area contributed by atoms with Crippen molar-refractivity contribution in [2.75, 3.05) is 18.0 Å². The average Bonchev–Trinajstić information content (AvgIpc) is 3.51. The maximum absolute atomic E-state index is 14.1. The van der Waals surface area contributed by atoms with E-state index >= 15 is 0 Å². The Morgan fingerprint density at radius 2 is 1.70 bits per heavy atom. The summed E-state index contributed by atoms with van der Waals surface area (Å²) < 4.78 is 75.0. The van der Waals surface area contributed by atoms with Gasteiger partial charge in [0.2, 0.25) is 11.8 Å². The number of hydrogen-bond donors (Lipinski definition) is 1. The number of ether oxygens (including phenoxy) is 1. The van der Waals surface area contributed by atoms with Gasteiger partial charge in [-0.05, 0) is 67.8 Å². The van der Waals surface area contributed by atoms with Gasteiger partial charge in [0, 0.05) is 12.6 Å². The van der Waals surface area contributed by atoms with Gasteiger partial charge in [-0.25, -0.2) is 8.42 Å². The number of rotatable bonds is 11. The highest BCUT2D eigenvalue weighted by Crippen LogP contribution is 2.38. The zero-order chi connectivity index (χ0) is 32.1. The van der Waals surface area contributed by atoms with E-state index in [2.05, 4.69) is 5.32 Å². The Hall–Kier alpha value is -3.77. The molecule has 0 unspecified atom stereocenters. The summed E-state index contributed by atoms with van der Waals surface area (Å²) >= 11 is 5.82. The van der Waals surface area contributed by atoms with Gasteiger partial charge in [-0.1, -0.05) is 54.8 Å². The molecular formula is C31H33ClF3N3O5S. The Morgan fingerprint density at radius 3 is 2.34 bits per heavy atom. The molecule has 0 heterocycles. The topological polar surface area (TPSA) is 96.0 Å². The number of carbonyl (C=O) groups is 2. The number of sulfonamides is 1. The van der Waals surface area contributed by atoms with Crippen LogP contribution in [-0.2, 0) is 32.3 Å². The summed E-state index contributed by atoms with van der Waals surface area (Å²) in [7, 11) is -3.07. The molecule has 1 fully saturated rings. The summed E-state index contributed by atoms with van der Waals surface area (Å²) in [5.41, 5.74) is -1.07. The Morgan fingerprint density at radius 1 is 1.02 bits per heavy atom. The number of methoxy groups -OCH3 is 1. The molecule has 1 N–H and O–H groups in total. The van der Waals surface area contributed by atoms with Crippen molar-refractivity contribution < 1.29 is 35.9 Å². The van der Waals surface area contributed by atoms with Crippen LogP contribution in [-0.4, -0.2) is 50.9 Å². The molecule has 13 heteroatoms. The van der Waals surface area contributed by atoms with Crippen LogP contribution in [0.5, 0.6) is 5.75 Å². The minimum Gasteiger partial charge on any atom is -0.497 e. The molecule has 1 aliphatic carbocycles. The Balaban J connectivity index is 1.75. The predicted molar refractivity (Wildman–Crippen MR) is 161 cm³/mol. The number of anilines is 1.